The summed E-state index contributed by atoms with van der Waals surface area (Å²) in [5.41, 5.74) is 3.09. The fourth-order valence-corrected chi connectivity index (χ4v) is 3.95. The van der Waals surface area contributed by atoms with Crippen LogP contribution in [0.25, 0.3) is 28.0 Å². The van der Waals surface area contributed by atoms with Gasteiger partial charge in [-0.1, -0.05) is 30.0 Å². The molecule has 28 heavy (non-hydrogen) atoms. The lowest BCUT2D eigenvalue weighted by molar-refractivity contribution is 0.218. The molecule has 0 aliphatic heterocycles. The van der Waals surface area contributed by atoms with Gasteiger partial charge in [0.25, 0.3) is 0 Å². The van der Waals surface area contributed by atoms with Crippen LogP contribution in [0.1, 0.15) is 6.92 Å². The standard InChI is InChI=1S/C21H22N4O2S/c1-3-27-16-10-8-15(9-11-16)25-20(23-24-21(25)28-13-12-26-2)18-14-22-19-7-5-4-6-17(18)19/h4-11,14,22H,3,12-13H2,1-2H3. The number of nitrogens with one attached hydrogen (secondary N) is 1. The molecule has 0 bridgehead atoms. The fraction of sp³-hybridized carbons (Fsp3) is 0.238. The van der Waals surface area contributed by atoms with E-state index < -0.39 is 0 Å². The second-order valence-corrected chi connectivity index (χ2v) is 7.22. The molecule has 2 heterocycles. The van der Waals surface area contributed by atoms with Crippen LogP contribution >= 0.6 is 11.8 Å². The summed E-state index contributed by atoms with van der Waals surface area (Å²) in [6.07, 6.45) is 1.99. The minimum Gasteiger partial charge on any atom is -0.494 e. The Kier molecular flexibility index (Phi) is 5.64. The molecule has 0 radical (unpaired) electrons. The van der Waals surface area contributed by atoms with Crippen LogP contribution in [0.5, 0.6) is 5.75 Å². The summed E-state index contributed by atoms with van der Waals surface area (Å²) in [6.45, 7) is 3.28. The van der Waals surface area contributed by atoms with E-state index in [4.69, 9.17) is 9.47 Å². The molecule has 144 valence electrons. The molecule has 2 aromatic carbocycles. The number of aromatic amines is 1. The first-order valence-corrected chi connectivity index (χ1v) is 10.2. The molecule has 7 heteroatoms. The number of aromatic nitrogens is 4. The Labute approximate surface area is 167 Å². The molecule has 0 amide bonds. The highest BCUT2D eigenvalue weighted by Gasteiger charge is 2.18. The van der Waals surface area contributed by atoms with E-state index in [0.717, 1.165) is 44.6 Å². The molecular weight excluding hydrogens is 372 g/mol. The third-order valence-corrected chi connectivity index (χ3v) is 5.28. The van der Waals surface area contributed by atoms with Crippen molar-refractivity contribution >= 4 is 22.7 Å². The van der Waals surface area contributed by atoms with Gasteiger partial charge in [-0.2, -0.15) is 0 Å². The monoisotopic (exact) mass is 394 g/mol. The van der Waals surface area contributed by atoms with Crippen LogP contribution in [0.4, 0.5) is 0 Å². The van der Waals surface area contributed by atoms with Crippen molar-refractivity contribution in [1.29, 1.82) is 0 Å². The summed E-state index contributed by atoms with van der Waals surface area (Å²) >= 11 is 1.63. The second-order valence-electron chi connectivity index (χ2n) is 6.16. The van der Waals surface area contributed by atoms with Gasteiger partial charge in [-0.25, -0.2) is 0 Å². The van der Waals surface area contributed by atoms with Crippen molar-refractivity contribution in [3.8, 4) is 22.8 Å². The number of methoxy groups -OCH3 is 1. The van der Waals surface area contributed by atoms with Crippen molar-refractivity contribution in [2.75, 3.05) is 26.1 Å². The summed E-state index contributed by atoms with van der Waals surface area (Å²) in [4.78, 5) is 3.32. The van der Waals surface area contributed by atoms with E-state index in [1.807, 2.05) is 49.5 Å². The first kappa shape index (κ1) is 18.6. The largest absolute Gasteiger partial charge is 0.494 e. The predicted molar refractivity (Wildman–Crippen MR) is 112 cm³/mol. The molecule has 0 aliphatic carbocycles. The molecular formula is C21H22N4O2S. The number of benzene rings is 2. The van der Waals surface area contributed by atoms with E-state index in [1.165, 1.54) is 0 Å². The van der Waals surface area contributed by atoms with Crippen molar-refractivity contribution in [2.45, 2.75) is 12.1 Å². The number of fused-ring (bicyclic) bond motifs is 1. The number of nitrogens with zero attached hydrogens (tertiary/aromatic N) is 3. The molecule has 0 spiro atoms. The van der Waals surface area contributed by atoms with Gasteiger partial charge in [-0.05, 0) is 37.3 Å². The van der Waals surface area contributed by atoms with Gasteiger partial charge in [0.2, 0.25) is 0 Å². The maximum atomic E-state index is 5.58. The summed E-state index contributed by atoms with van der Waals surface area (Å²) < 4.78 is 12.9. The summed E-state index contributed by atoms with van der Waals surface area (Å²) in [5.74, 6) is 2.46. The highest BCUT2D eigenvalue weighted by atomic mass is 32.2. The van der Waals surface area contributed by atoms with Gasteiger partial charge in [-0.3, -0.25) is 4.57 Å². The fourth-order valence-electron chi connectivity index (χ4n) is 3.10. The first-order chi connectivity index (χ1) is 13.8. The molecule has 0 atom stereocenters. The number of hydrogen-bond donors (Lipinski definition) is 1. The molecule has 6 nitrogen and oxygen atoms in total. The number of thioether (sulfide) groups is 1. The number of hydrogen-bond acceptors (Lipinski definition) is 5. The number of para-hydroxylation sites is 1. The van der Waals surface area contributed by atoms with E-state index in [0.29, 0.717) is 13.2 Å². The predicted octanol–water partition coefficient (Wildman–Crippen LogP) is 4.55. The third kappa shape index (κ3) is 3.63. The average molecular weight is 395 g/mol. The van der Waals surface area contributed by atoms with Crippen LogP contribution in [0.3, 0.4) is 0 Å². The van der Waals surface area contributed by atoms with Gasteiger partial charge in [-0.15, -0.1) is 10.2 Å². The lowest BCUT2D eigenvalue weighted by Gasteiger charge is -2.11. The van der Waals surface area contributed by atoms with Crippen LogP contribution in [-0.4, -0.2) is 45.8 Å². The van der Waals surface area contributed by atoms with Gasteiger partial charge in [0.05, 0.1) is 13.2 Å². The van der Waals surface area contributed by atoms with Crippen molar-refractivity contribution in [3.63, 3.8) is 0 Å². The van der Waals surface area contributed by atoms with Crippen LogP contribution in [0.15, 0.2) is 59.9 Å². The van der Waals surface area contributed by atoms with E-state index >= 15 is 0 Å². The topological polar surface area (TPSA) is 65.0 Å². The molecule has 0 fully saturated rings. The van der Waals surface area contributed by atoms with Crippen LogP contribution in [0.2, 0.25) is 0 Å². The molecule has 0 aliphatic rings. The number of rotatable bonds is 8. The molecule has 0 saturated carbocycles. The Morgan fingerprint density at radius 2 is 1.89 bits per heavy atom. The maximum absolute atomic E-state index is 5.58. The van der Waals surface area contributed by atoms with E-state index in [1.54, 1.807) is 18.9 Å². The minimum atomic E-state index is 0.644. The van der Waals surface area contributed by atoms with Crippen molar-refractivity contribution in [3.05, 3.63) is 54.7 Å². The zero-order valence-electron chi connectivity index (χ0n) is 15.9. The van der Waals surface area contributed by atoms with Crippen molar-refractivity contribution < 1.29 is 9.47 Å². The Hall–Kier alpha value is -2.77. The summed E-state index contributed by atoms with van der Waals surface area (Å²) in [7, 11) is 1.70. The number of ether oxygens (including phenoxy) is 2. The molecule has 1 N–H and O–H groups in total. The zero-order valence-corrected chi connectivity index (χ0v) is 16.7. The Morgan fingerprint density at radius 3 is 2.68 bits per heavy atom. The Balaban J connectivity index is 1.80. The van der Waals surface area contributed by atoms with Gasteiger partial charge in [0, 0.05) is 41.2 Å². The van der Waals surface area contributed by atoms with Crippen LogP contribution < -0.4 is 4.74 Å². The Bertz CT molecular complexity index is 1060. The van der Waals surface area contributed by atoms with Gasteiger partial charge in [0.15, 0.2) is 11.0 Å². The van der Waals surface area contributed by atoms with Crippen LogP contribution in [0, 0.1) is 0 Å². The molecule has 4 aromatic rings. The van der Waals surface area contributed by atoms with E-state index in [9.17, 15) is 0 Å². The normalized spacial score (nSPS) is 11.2. The maximum Gasteiger partial charge on any atom is 0.196 e. The first-order valence-electron chi connectivity index (χ1n) is 9.18. The molecule has 4 rings (SSSR count). The highest BCUT2D eigenvalue weighted by Crippen LogP contribution is 2.32. The lowest BCUT2D eigenvalue weighted by atomic mass is 10.1. The van der Waals surface area contributed by atoms with Crippen molar-refractivity contribution in [2.24, 2.45) is 0 Å². The Morgan fingerprint density at radius 1 is 1.07 bits per heavy atom. The SMILES string of the molecule is CCOc1ccc(-n2c(SCCOC)nnc2-c2c[nH]c3ccccc23)cc1. The van der Waals surface area contributed by atoms with Gasteiger partial charge < -0.3 is 14.5 Å². The average Bonchev–Trinajstić information content (AvgIpc) is 3.33. The summed E-state index contributed by atoms with van der Waals surface area (Å²) in [5, 5.41) is 10.9. The number of H-pyrrole nitrogens is 1. The molecule has 2 aromatic heterocycles. The van der Waals surface area contributed by atoms with Gasteiger partial charge in [0.1, 0.15) is 5.75 Å². The second kappa shape index (κ2) is 8.50. The highest BCUT2D eigenvalue weighted by molar-refractivity contribution is 7.99. The van der Waals surface area contributed by atoms with Crippen LogP contribution in [-0.2, 0) is 4.74 Å². The van der Waals surface area contributed by atoms with E-state index in [-0.39, 0.29) is 0 Å². The summed E-state index contributed by atoms with van der Waals surface area (Å²) in [6, 6.07) is 16.2. The van der Waals surface area contributed by atoms with E-state index in [2.05, 4.69) is 31.9 Å². The van der Waals surface area contributed by atoms with Gasteiger partial charge >= 0.3 is 0 Å². The molecule has 0 unspecified atom stereocenters. The molecule has 0 saturated heterocycles. The smallest absolute Gasteiger partial charge is 0.196 e. The zero-order chi connectivity index (χ0) is 19.3. The van der Waals surface area contributed by atoms with Crippen molar-refractivity contribution in [1.82, 2.24) is 19.7 Å². The quantitative estimate of drug-likeness (QED) is 0.351. The lowest BCUT2D eigenvalue weighted by Crippen LogP contribution is -2.01. The third-order valence-electron chi connectivity index (χ3n) is 4.39. The minimum absolute atomic E-state index is 0.644.